The minimum absolute atomic E-state index is 0.0253. The van der Waals surface area contributed by atoms with Gasteiger partial charge in [0.2, 0.25) is 5.91 Å². The van der Waals surface area contributed by atoms with E-state index in [1.807, 2.05) is 82.6 Å². The zero-order chi connectivity index (χ0) is 32.3. The van der Waals surface area contributed by atoms with E-state index in [2.05, 4.69) is 4.90 Å². The molecule has 0 unspecified atom stereocenters. The van der Waals surface area contributed by atoms with Gasteiger partial charge in [0.1, 0.15) is 0 Å². The third-order valence-electron chi connectivity index (χ3n) is 9.62. The molecular weight excluding hydrogens is 600 g/mol. The molecule has 6 rings (SSSR count). The first-order valence-electron chi connectivity index (χ1n) is 16.3. The van der Waals surface area contributed by atoms with E-state index in [0.717, 1.165) is 61.3 Å². The fourth-order valence-corrected chi connectivity index (χ4v) is 8.04. The number of aromatic nitrogens is 1. The lowest BCUT2D eigenvalue weighted by Gasteiger charge is -2.43. The summed E-state index contributed by atoms with van der Waals surface area (Å²) in [5.74, 6) is 0.0905. The molecule has 4 heterocycles. The Bertz CT molecular complexity index is 1560. The summed E-state index contributed by atoms with van der Waals surface area (Å²) in [5.41, 5.74) is 4.16. The van der Waals surface area contributed by atoms with Crippen LogP contribution in [-0.4, -0.2) is 121 Å². The monoisotopic (exact) mass is 644 g/mol. The Morgan fingerprint density at radius 3 is 1.85 bits per heavy atom. The molecule has 3 aliphatic heterocycles. The maximum absolute atomic E-state index is 13.9. The Balaban J connectivity index is 1.07. The van der Waals surface area contributed by atoms with Gasteiger partial charge in [-0.15, -0.1) is 0 Å². The summed E-state index contributed by atoms with van der Waals surface area (Å²) in [6.45, 7) is 4.53. The molecule has 0 bridgehead atoms. The van der Waals surface area contributed by atoms with Gasteiger partial charge in [0.05, 0.1) is 17.3 Å². The maximum atomic E-state index is 13.9. The van der Waals surface area contributed by atoms with Crippen molar-refractivity contribution in [3.05, 3.63) is 78.4 Å². The van der Waals surface area contributed by atoms with Crippen LogP contribution in [0.15, 0.2) is 72.8 Å². The number of rotatable bonds is 7. The molecule has 11 heteroatoms. The lowest BCUT2D eigenvalue weighted by Crippen LogP contribution is -2.56. The van der Waals surface area contributed by atoms with Crippen LogP contribution in [0.2, 0.25) is 0 Å². The molecule has 3 aliphatic rings. The number of piperazine rings is 1. The first kappa shape index (κ1) is 32.3. The van der Waals surface area contributed by atoms with Crippen molar-refractivity contribution in [1.29, 1.82) is 0 Å². The molecule has 46 heavy (non-hydrogen) atoms. The predicted octanol–water partition coefficient (Wildman–Crippen LogP) is 3.68. The van der Waals surface area contributed by atoms with Gasteiger partial charge in [-0.1, -0.05) is 60.7 Å². The standard InChI is InChI=1S/C35H44N6O4S/c1-37(2)46(44,45)41-22-20-39(21-23-41)34(42)29-14-9-17-40(26-29)31-15-18-38(19-16-31)35(43)30-24-32(27-10-5-3-6-11-27)36-33(25-30)28-12-7-4-8-13-28/h3-8,10-13,24-25,29,31H,9,14-23,26H2,1-2H3/t29-/m1/s1. The highest BCUT2D eigenvalue weighted by Gasteiger charge is 2.36. The molecule has 3 aromatic rings. The molecule has 3 saturated heterocycles. The van der Waals surface area contributed by atoms with Crippen LogP contribution < -0.4 is 0 Å². The first-order valence-corrected chi connectivity index (χ1v) is 17.7. The molecule has 0 spiro atoms. The van der Waals surface area contributed by atoms with E-state index in [9.17, 15) is 18.0 Å². The molecule has 10 nitrogen and oxygen atoms in total. The average molecular weight is 645 g/mol. The summed E-state index contributed by atoms with van der Waals surface area (Å²) in [4.78, 5) is 38.5. The summed E-state index contributed by atoms with van der Waals surface area (Å²) in [6.07, 6.45) is 3.57. The predicted molar refractivity (Wildman–Crippen MR) is 179 cm³/mol. The molecule has 0 aliphatic carbocycles. The molecule has 0 radical (unpaired) electrons. The van der Waals surface area contributed by atoms with E-state index >= 15 is 0 Å². The zero-order valence-electron chi connectivity index (χ0n) is 26.8. The highest BCUT2D eigenvalue weighted by Crippen LogP contribution is 2.29. The van der Waals surface area contributed by atoms with E-state index in [1.165, 1.54) is 22.7 Å². The SMILES string of the molecule is CN(C)S(=O)(=O)N1CCN(C(=O)[C@@H]2CCCN(C3CCN(C(=O)c4cc(-c5ccccc5)nc(-c5ccccc5)c4)CC3)C2)CC1. The van der Waals surface area contributed by atoms with Gasteiger partial charge in [-0.25, -0.2) is 4.98 Å². The van der Waals surface area contributed by atoms with Crippen LogP contribution in [0.1, 0.15) is 36.0 Å². The molecule has 2 amide bonds. The Hall–Kier alpha value is -3.64. The highest BCUT2D eigenvalue weighted by molar-refractivity contribution is 7.86. The van der Waals surface area contributed by atoms with Crippen molar-refractivity contribution in [2.24, 2.45) is 5.92 Å². The van der Waals surface area contributed by atoms with Gasteiger partial charge in [-0.05, 0) is 44.4 Å². The molecule has 3 fully saturated rings. The van der Waals surface area contributed by atoms with Gasteiger partial charge in [-0.2, -0.15) is 17.0 Å². The van der Waals surface area contributed by atoms with E-state index in [-0.39, 0.29) is 17.7 Å². The molecule has 0 saturated carbocycles. The number of carbonyl (C=O) groups is 2. The number of hydrogen-bond donors (Lipinski definition) is 0. The zero-order valence-corrected chi connectivity index (χ0v) is 27.6. The third kappa shape index (κ3) is 7.02. The van der Waals surface area contributed by atoms with E-state index in [1.54, 1.807) is 0 Å². The molecular formula is C35H44N6O4S. The van der Waals surface area contributed by atoms with Crippen LogP contribution >= 0.6 is 0 Å². The van der Waals surface area contributed by atoms with E-state index < -0.39 is 10.2 Å². The number of benzene rings is 2. The Morgan fingerprint density at radius 1 is 0.739 bits per heavy atom. The van der Waals surface area contributed by atoms with Crippen molar-refractivity contribution in [2.45, 2.75) is 31.7 Å². The lowest BCUT2D eigenvalue weighted by molar-refractivity contribution is -0.139. The van der Waals surface area contributed by atoms with E-state index in [0.29, 0.717) is 50.9 Å². The van der Waals surface area contributed by atoms with Crippen LogP contribution in [0.5, 0.6) is 0 Å². The summed E-state index contributed by atoms with van der Waals surface area (Å²) >= 11 is 0. The minimum Gasteiger partial charge on any atom is -0.340 e. The minimum atomic E-state index is -3.47. The Labute approximate surface area is 272 Å². The van der Waals surface area contributed by atoms with Gasteiger partial charge >= 0.3 is 0 Å². The average Bonchev–Trinajstić information content (AvgIpc) is 3.11. The summed E-state index contributed by atoms with van der Waals surface area (Å²) < 4.78 is 27.7. The van der Waals surface area contributed by atoms with Crippen LogP contribution in [0.3, 0.4) is 0 Å². The fraction of sp³-hybridized carbons (Fsp3) is 0.457. The summed E-state index contributed by atoms with van der Waals surface area (Å²) in [5, 5.41) is 0. The second-order valence-corrected chi connectivity index (χ2v) is 14.9. The Morgan fingerprint density at radius 2 is 1.30 bits per heavy atom. The van der Waals surface area contributed by atoms with E-state index in [4.69, 9.17) is 4.98 Å². The quantitative estimate of drug-likeness (QED) is 0.390. The molecule has 2 aromatic carbocycles. The molecule has 1 atom stereocenters. The largest absolute Gasteiger partial charge is 0.340 e. The van der Waals surface area contributed by atoms with Crippen molar-refractivity contribution in [2.75, 3.05) is 66.5 Å². The van der Waals surface area contributed by atoms with Gasteiger partial charge in [0.15, 0.2) is 0 Å². The van der Waals surface area contributed by atoms with Crippen molar-refractivity contribution in [3.63, 3.8) is 0 Å². The number of pyridine rings is 1. The van der Waals surface area contributed by atoms with Crippen molar-refractivity contribution < 1.29 is 18.0 Å². The lowest BCUT2D eigenvalue weighted by atomic mass is 9.92. The Kier molecular flexibility index (Phi) is 9.84. The van der Waals surface area contributed by atoms with Crippen LogP contribution in [0.4, 0.5) is 0 Å². The maximum Gasteiger partial charge on any atom is 0.281 e. The number of nitrogens with zero attached hydrogens (tertiary/aromatic N) is 6. The smallest absolute Gasteiger partial charge is 0.281 e. The number of hydrogen-bond acceptors (Lipinski definition) is 6. The number of amides is 2. The van der Waals surface area contributed by atoms with Gasteiger partial charge in [-0.3, -0.25) is 14.5 Å². The normalized spacial score (nSPS) is 20.6. The van der Waals surface area contributed by atoms with Crippen molar-refractivity contribution in [1.82, 2.24) is 28.3 Å². The summed E-state index contributed by atoms with van der Waals surface area (Å²) in [6, 6.07) is 24.1. The molecule has 1 aromatic heterocycles. The van der Waals surface area contributed by atoms with Crippen molar-refractivity contribution in [3.8, 4) is 22.5 Å². The molecule has 0 N–H and O–H groups in total. The summed E-state index contributed by atoms with van der Waals surface area (Å²) in [7, 11) is -0.398. The number of piperidine rings is 2. The fourth-order valence-electron chi connectivity index (χ4n) is 6.95. The van der Waals surface area contributed by atoms with Gasteiger partial charge in [0.25, 0.3) is 16.1 Å². The first-order chi connectivity index (χ1) is 22.2. The molecule has 244 valence electrons. The second kappa shape index (κ2) is 14.0. The number of likely N-dealkylation sites (tertiary alicyclic amines) is 2. The van der Waals surface area contributed by atoms with Gasteiger partial charge < -0.3 is 9.80 Å². The topological polar surface area (TPSA) is 97.4 Å². The highest BCUT2D eigenvalue weighted by atomic mass is 32.2. The van der Waals surface area contributed by atoms with Crippen molar-refractivity contribution >= 4 is 22.0 Å². The second-order valence-electron chi connectivity index (χ2n) is 12.7. The van der Waals surface area contributed by atoms with Crippen LogP contribution in [0, 0.1) is 5.92 Å². The van der Waals surface area contributed by atoms with Crippen LogP contribution in [-0.2, 0) is 15.0 Å². The number of carbonyl (C=O) groups excluding carboxylic acids is 2. The van der Waals surface area contributed by atoms with Crippen LogP contribution in [0.25, 0.3) is 22.5 Å². The van der Waals surface area contributed by atoms with Gasteiger partial charge in [0, 0.05) is 82.6 Å². The third-order valence-corrected chi connectivity index (χ3v) is 11.6.